The van der Waals surface area contributed by atoms with Crippen molar-refractivity contribution >= 4 is 16.7 Å². The van der Waals surface area contributed by atoms with E-state index in [9.17, 15) is 4.79 Å². The van der Waals surface area contributed by atoms with Crippen molar-refractivity contribution in [2.24, 2.45) is 0 Å². The number of hydrogen-bond donors (Lipinski definition) is 2. The fourth-order valence-corrected chi connectivity index (χ4v) is 3.38. The molecule has 0 radical (unpaired) electrons. The molecular weight excluding hydrogens is 362 g/mol. The molecule has 0 aliphatic carbocycles. The number of hydrogen-bond acceptors (Lipinski definition) is 4. The summed E-state index contributed by atoms with van der Waals surface area (Å²) in [5, 5.41) is 14.9. The maximum atomic E-state index is 10.9. The lowest BCUT2D eigenvalue weighted by Crippen LogP contribution is -2.18. The predicted octanol–water partition coefficient (Wildman–Crippen LogP) is 4.85. The molecule has 0 aliphatic rings. The Balaban J connectivity index is 1.44. The minimum atomic E-state index is -0.971. The Morgan fingerprint density at radius 2 is 1.86 bits per heavy atom. The number of nitrogens with zero attached hydrogens (tertiary/aromatic N) is 2. The van der Waals surface area contributed by atoms with Crippen LogP contribution in [0.15, 0.2) is 79.3 Å². The molecule has 2 aromatic carbocycles. The van der Waals surface area contributed by atoms with Crippen LogP contribution in [0.25, 0.3) is 22.0 Å². The van der Waals surface area contributed by atoms with Gasteiger partial charge in [-0.3, -0.25) is 9.97 Å². The molecule has 1 atom stereocenters. The van der Waals surface area contributed by atoms with E-state index < -0.39 is 5.97 Å². The van der Waals surface area contributed by atoms with Crippen molar-refractivity contribution in [3.8, 4) is 11.3 Å². The number of carboxylic acid groups (broad SMARTS) is 1. The first-order valence-electron chi connectivity index (χ1n) is 9.46. The molecule has 4 aromatic rings. The third kappa shape index (κ3) is 4.15. The average Bonchev–Trinajstić information content (AvgIpc) is 2.77. The molecule has 1 unspecified atom stereocenters. The molecule has 0 saturated carbocycles. The number of pyridine rings is 2. The Bertz CT molecular complexity index is 1130. The fourth-order valence-electron chi connectivity index (χ4n) is 3.38. The minimum absolute atomic E-state index is 0.187. The normalized spacial score (nSPS) is 12.0. The number of fused-ring (bicyclic) bond motifs is 1. The van der Waals surface area contributed by atoms with E-state index in [1.54, 1.807) is 12.1 Å². The van der Waals surface area contributed by atoms with Gasteiger partial charge in [-0.1, -0.05) is 42.5 Å². The maximum Gasteiger partial charge on any atom is 0.337 e. The molecule has 5 nitrogen and oxygen atoms in total. The van der Waals surface area contributed by atoms with Crippen molar-refractivity contribution in [3.63, 3.8) is 0 Å². The molecule has 0 aliphatic heterocycles. The van der Waals surface area contributed by atoms with Crippen LogP contribution in [0.1, 0.15) is 34.5 Å². The van der Waals surface area contributed by atoms with Gasteiger partial charge in [0, 0.05) is 42.1 Å². The summed E-state index contributed by atoms with van der Waals surface area (Å²) >= 11 is 0. The van der Waals surface area contributed by atoms with Crippen LogP contribution in [-0.4, -0.2) is 21.0 Å². The summed E-state index contributed by atoms with van der Waals surface area (Å²) in [7, 11) is 0. The highest BCUT2D eigenvalue weighted by Gasteiger charge is 2.09. The van der Waals surface area contributed by atoms with Gasteiger partial charge in [0.05, 0.1) is 11.3 Å². The number of nitrogens with one attached hydrogen (secondary N) is 1. The fraction of sp³-hybridized carbons (Fsp3) is 0.125. The summed E-state index contributed by atoms with van der Waals surface area (Å²) in [4.78, 5) is 19.4. The molecule has 0 bridgehead atoms. The maximum absolute atomic E-state index is 10.9. The van der Waals surface area contributed by atoms with Gasteiger partial charge in [-0.2, -0.15) is 0 Å². The van der Waals surface area contributed by atoms with E-state index in [1.807, 2.05) is 30.6 Å². The summed E-state index contributed by atoms with van der Waals surface area (Å²) in [6, 6.07) is 20.0. The Labute approximate surface area is 169 Å². The van der Waals surface area contributed by atoms with Gasteiger partial charge >= 0.3 is 5.97 Å². The van der Waals surface area contributed by atoms with E-state index in [0.29, 0.717) is 0 Å². The second kappa shape index (κ2) is 8.20. The van der Waals surface area contributed by atoms with Gasteiger partial charge in [0.2, 0.25) is 0 Å². The van der Waals surface area contributed by atoms with Crippen LogP contribution >= 0.6 is 0 Å². The highest BCUT2D eigenvalue weighted by molar-refractivity contribution is 5.87. The standard InChI is InChI=1S/C24H21N3O2/c1-16(21-4-2-3-18-11-12-25-15-22(18)21)26-13-17-5-7-19(8-6-17)23-10-9-20(14-27-23)24(28)29/h2-12,14-16,26H,13H2,1H3,(H,28,29). The highest BCUT2D eigenvalue weighted by atomic mass is 16.4. The molecule has 4 rings (SSSR count). The van der Waals surface area contributed by atoms with Crippen molar-refractivity contribution in [1.82, 2.24) is 15.3 Å². The molecule has 2 aromatic heterocycles. The number of benzene rings is 2. The Hall–Kier alpha value is -3.57. The Morgan fingerprint density at radius 3 is 2.59 bits per heavy atom. The zero-order valence-electron chi connectivity index (χ0n) is 16.0. The SMILES string of the molecule is CC(NCc1ccc(-c2ccc(C(=O)O)cn2)cc1)c1cccc2ccncc12. The molecule has 2 N–H and O–H groups in total. The largest absolute Gasteiger partial charge is 0.478 e. The number of rotatable bonds is 6. The van der Waals surface area contributed by atoms with Gasteiger partial charge in [0.25, 0.3) is 0 Å². The smallest absolute Gasteiger partial charge is 0.337 e. The number of aromatic nitrogens is 2. The molecule has 0 spiro atoms. The van der Waals surface area contributed by atoms with Gasteiger partial charge in [-0.15, -0.1) is 0 Å². The van der Waals surface area contributed by atoms with Crippen molar-refractivity contribution in [3.05, 3.63) is 95.9 Å². The third-order valence-corrected chi connectivity index (χ3v) is 5.06. The number of aromatic carboxylic acids is 1. The topological polar surface area (TPSA) is 75.1 Å². The van der Waals surface area contributed by atoms with E-state index in [0.717, 1.165) is 17.8 Å². The molecule has 29 heavy (non-hydrogen) atoms. The van der Waals surface area contributed by atoms with Gasteiger partial charge < -0.3 is 10.4 Å². The van der Waals surface area contributed by atoms with E-state index >= 15 is 0 Å². The third-order valence-electron chi connectivity index (χ3n) is 5.06. The highest BCUT2D eigenvalue weighted by Crippen LogP contribution is 2.24. The Morgan fingerprint density at radius 1 is 1.03 bits per heavy atom. The molecule has 144 valence electrons. The molecule has 0 saturated heterocycles. The summed E-state index contributed by atoms with van der Waals surface area (Å²) in [5.41, 5.74) is 4.30. The van der Waals surface area contributed by atoms with Crippen molar-refractivity contribution in [1.29, 1.82) is 0 Å². The first-order chi connectivity index (χ1) is 14.1. The van der Waals surface area contributed by atoms with Crippen LogP contribution in [0.2, 0.25) is 0 Å². The minimum Gasteiger partial charge on any atom is -0.478 e. The van der Waals surface area contributed by atoms with Gasteiger partial charge in [-0.05, 0) is 41.6 Å². The van der Waals surface area contributed by atoms with Gasteiger partial charge in [0.15, 0.2) is 0 Å². The summed E-state index contributed by atoms with van der Waals surface area (Å²) in [5.74, 6) is -0.971. The van der Waals surface area contributed by atoms with Crippen molar-refractivity contribution in [2.45, 2.75) is 19.5 Å². The molecule has 0 fully saturated rings. The second-order valence-electron chi connectivity index (χ2n) is 6.98. The lowest BCUT2D eigenvalue weighted by molar-refractivity contribution is 0.0696. The van der Waals surface area contributed by atoms with Crippen LogP contribution in [0.4, 0.5) is 0 Å². The number of carbonyl (C=O) groups is 1. The van der Waals surface area contributed by atoms with Gasteiger partial charge in [-0.25, -0.2) is 4.79 Å². The average molecular weight is 383 g/mol. The monoisotopic (exact) mass is 383 g/mol. The van der Waals surface area contributed by atoms with Crippen LogP contribution in [0.5, 0.6) is 0 Å². The lowest BCUT2D eigenvalue weighted by atomic mass is 10.0. The first kappa shape index (κ1) is 18.8. The van der Waals surface area contributed by atoms with Crippen LogP contribution < -0.4 is 5.32 Å². The zero-order chi connectivity index (χ0) is 20.2. The van der Waals surface area contributed by atoms with E-state index in [-0.39, 0.29) is 11.6 Å². The quantitative estimate of drug-likeness (QED) is 0.498. The van der Waals surface area contributed by atoms with Crippen molar-refractivity contribution in [2.75, 3.05) is 0 Å². The first-order valence-corrected chi connectivity index (χ1v) is 9.46. The molecule has 0 amide bonds. The predicted molar refractivity (Wildman–Crippen MR) is 114 cm³/mol. The lowest BCUT2D eigenvalue weighted by Gasteiger charge is -2.16. The summed E-state index contributed by atoms with van der Waals surface area (Å²) < 4.78 is 0. The summed E-state index contributed by atoms with van der Waals surface area (Å²) in [6.07, 6.45) is 5.12. The van der Waals surface area contributed by atoms with Gasteiger partial charge in [0.1, 0.15) is 0 Å². The van der Waals surface area contributed by atoms with Crippen molar-refractivity contribution < 1.29 is 9.90 Å². The van der Waals surface area contributed by atoms with Crippen LogP contribution in [0.3, 0.4) is 0 Å². The van der Waals surface area contributed by atoms with E-state index in [1.165, 1.54) is 28.1 Å². The van der Waals surface area contributed by atoms with Crippen LogP contribution in [-0.2, 0) is 6.54 Å². The molecule has 5 heteroatoms. The zero-order valence-corrected chi connectivity index (χ0v) is 16.0. The van der Waals surface area contributed by atoms with Crippen LogP contribution in [0, 0.1) is 0 Å². The summed E-state index contributed by atoms with van der Waals surface area (Å²) in [6.45, 7) is 2.90. The Kier molecular flexibility index (Phi) is 5.31. The molecule has 2 heterocycles. The number of carboxylic acids is 1. The molecular formula is C24H21N3O2. The second-order valence-corrected chi connectivity index (χ2v) is 6.98. The van der Waals surface area contributed by atoms with E-state index in [2.05, 4.69) is 52.5 Å². The van der Waals surface area contributed by atoms with E-state index in [4.69, 9.17) is 5.11 Å².